The molecule has 0 aliphatic rings. The van der Waals surface area contributed by atoms with Gasteiger partial charge in [-0.1, -0.05) is 30.3 Å². The van der Waals surface area contributed by atoms with Crippen molar-refractivity contribution in [3.63, 3.8) is 0 Å². The van der Waals surface area contributed by atoms with Gasteiger partial charge in [-0.05, 0) is 24.6 Å². The lowest BCUT2D eigenvalue weighted by molar-refractivity contribution is -0.385. The zero-order chi connectivity index (χ0) is 17.7. The lowest BCUT2D eigenvalue weighted by Gasteiger charge is -2.19. The van der Waals surface area contributed by atoms with Crippen molar-refractivity contribution in [2.45, 2.75) is 18.4 Å². The summed E-state index contributed by atoms with van der Waals surface area (Å²) in [6.07, 6.45) is 0. The Morgan fingerprint density at radius 3 is 2.42 bits per heavy atom. The maximum Gasteiger partial charge on any atom is 0.272 e. The third-order valence-corrected chi connectivity index (χ3v) is 5.24. The first kappa shape index (κ1) is 17.6. The summed E-state index contributed by atoms with van der Waals surface area (Å²) in [6.45, 7) is 1.21. The van der Waals surface area contributed by atoms with Gasteiger partial charge in [0.05, 0.1) is 15.9 Å². The monoisotopic (exact) mass is 345 g/mol. The van der Waals surface area contributed by atoms with E-state index in [1.54, 1.807) is 24.3 Å². The van der Waals surface area contributed by atoms with Crippen molar-refractivity contribution in [3.8, 4) is 6.07 Å². The molecule has 0 unspecified atom stereocenters. The molecule has 0 aliphatic heterocycles. The van der Waals surface area contributed by atoms with Gasteiger partial charge in [0, 0.05) is 18.2 Å². The van der Waals surface area contributed by atoms with E-state index in [1.807, 2.05) is 12.1 Å². The predicted molar refractivity (Wildman–Crippen MR) is 87.5 cm³/mol. The van der Waals surface area contributed by atoms with Gasteiger partial charge in [0.15, 0.2) is 0 Å². The van der Waals surface area contributed by atoms with Crippen LogP contribution in [-0.4, -0.2) is 24.2 Å². The highest BCUT2D eigenvalue weighted by Gasteiger charge is 2.26. The number of hydrogen-bond donors (Lipinski definition) is 0. The molecule has 0 saturated heterocycles. The van der Waals surface area contributed by atoms with E-state index >= 15 is 0 Å². The standard InChI is InChI=1S/C16H15N3O4S/c1-13-11-15(7-8-16(13)19(20)21)24(22,23)18(10-9-17)12-14-5-3-2-4-6-14/h2-8,11H,10,12H2,1H3. The normalized spacial score (nSPS) is 11.2. The molecule has 0 aromatic heterocycles. The fraction of sp³-hybridized carbons (Fsp3) is 0.188. The molecule has 0 aliphatic carbocycles. The second-order valence-corrected chi connectivity index (χ2v) is 7.06. The van der Waals surface area contributed by atoms with Gasteiger partial charge < -0.3 is 0 Å². The Balaban J connectivity index is 2.40. The molecule has 24 heavy (non-hydrogen) atoms. The van der Waals surface area contributed by atoms with E-state index in [2.05, 4.69) is 0 Å². The van der Waals surface area contributed by atoms with Crippen LogP contribution in [0.2, 0.25) is 0 Å². The van der Waals surface area contributed by atoms with Crippen LogP contribution in [0, 0.1) is 28.4 Å². The molecule has 0 saturated carbocycles. The average molecular weight is 345 g/mol. The largest absolute Gasteiger partial charge is 0.272 e. The molecule has 2 aromatic carbocycles. The van der Waals surface area contributed by atoms with Gasteiger partial charge >= 0.3 is 0 Å². The maximum absolute atomic E-state index is 12.8. The van der Waals surface area contributed by atoms with Gasteiger partial charge in [-0.25, -0.2) is 8.42 Å². The minimum atomic E-state index is -3.94. The van der Waals surface area contributed by atoms with Crippen LogP contribution in [0.3, 0.4) is 0 Å². The molecule has 8 heteroatoms. The topological polar surface area (TPSA) is 104 Å². The maximum atomic E-state index is 12.8. The molecular formula is C16H15N3O4S. The second kappa shape index (κ2) is 7.21. The summed E-state index contributed by atoms with van der Waals surface area (Å²) in [5, 5.41) is 19.8. The number of nitrogens with zero attached hydrogens (tertiary/aromatic N) is 3. The highest BCUT2D eigenvalue weighted by atomic mass is 32.2. The first-order valence-electron chi connectivity index (χ1n) is 7.02. The van der Waals surface area contributed by atoms with Crippen molar-refractivity contribution in [1.29, 1.82) is 5.26 Å². The molecule has 2 aromatic rings. The zero-order valence-corrected chi connectivity index (χ0v) is 13.7. The third-order valence-electron chi connectivity index (χ3n) is 3.45. The van der Waals surface area contributed by atoms with E-state index in [4.69, 9.17) is 5.26 Å². The van der Waals surface area contributed by atoms with Crippen LogP contribution in [0.25, 0.3) is 0 Å². The molecule has 0 bridgehead atoms. The van der Waals surface area contributed by atoms with E-state index < -0.39 is 14.9 Å². The first-order chi connectivity index (χ1) is 11.4. The quantitative estimate of drug-likeness (QED) is 0.455. The van der Waals surface area contributed by atoms with Gasteiger partial charge in [-0.3, -0.25) is 10.1 Å². The van der Waals surface area contributed by atoms with Crippen LogP contribution in [0.15, 0.2) is 53.4 Å². The second-order valence-electron chi connectivity index (χ2n) is 5.12. The molecule has 0 fully saturated rings. The van der Waals surface area contributed by atoms with Crippen LogP contribution in [-0.2, 0) is 16.6 Å². The number of aryl methyl sites for hydroxylation is 1. The summed E-state index contributed by atoms with van der Waals surface area (Å²) in [6, 6.07) is 14.4. The summed E-state index contributed by atoms with van der Waals surface area (Å²) >= 11 is 0. The summed E-state index contributed by atoms with van der Waals surface area (Å²) in [5.41, 5.74) is 0.844. The van der Waals surface area contributed by atoms with Gasteiger partial charge in [-0.15, -0.1) is 0 Å². The van der Waals surface area contributed by atoms with Gasteiger partial charge in [0.25, 0.3) is 5.69 Å². The predicted octanol–water partition coefficient (Wildman–Crippen LogP) is 2.62. The number of benzene rings is 2. The lowest BCUT2D eigenvalue weighted by atomic mass is 10.2. The molecule has 0 heterocycles. The molecule has 0 amide bonds. The highest BCUT2D eigenvalue weighted by molar-refractivity contribution is 7.89. The molecule has 7 nitrogen and oxygen atoms in total. The van der Waals surface area contributed by atoms with E-state index in [0.717, 1.165) is 15.9 Å². The number of rotatable bonds is 6. The number of sulfonamides is 1. The summed E-state index contributed by atoms with van der Waals surface area (Å²) in [4.78, 5) is 10.2. The Morgan fingerprint density at radius 1 is 1.21 bits per heavy atom. The fourth-order valence-corrected chi connectivity index (χ4v) is 3.64. The minimum Gasteiger partial charge on any atom is -0.258 e. The fourth-order valence-electron chi connectivity index (χ4n) is 2.23. The van der Waals surface area contributed by atoms with Crippen molar-refractivity contribution in [2.24, 2.45) is 0 Å². The molecule has 124 valence electrons. The van der Waals surface area contributed by atoms with Gasteiger partial charge in [0.1, 0.15) is 6.54 Å². The molecule has 0 radical (unpaired) electrons. The van der Waals surface area contributed by atoms with Crippen LogP contribution in [0.1, 0.15) is 11.1 Å². The molecule has 0 spiro atoms. The molecule has 0 N–H and O–H groups in total. The van der Waals surface area contributed by atoms with Crippen LogP contribution >= 0.6 is 0 Å². The van der Waals surface area contributed by atoms with Crippen LogP contribution < -0.4 is 0 Å². The Hall–Kier alpha value is -2.76. The zero-order valence-electron chi connectivity index (χ0n) is 12.9. The van der Waals surface area contributed by atoms with Crippen molar-refractivity contribution < 1.29 is 13.3 Å². The van der Waals surface area contributed by atoms with Crippen LogP contribution in [0.4, 0.5) is 5.69 Å². The van der Waals surface area contributed by atoms with Crippen molar-refractivity contribution in [1.82, 2.24) is 4.31 Å². The molecular weight excluding hydrogens is 330 g/mol. The van der Waals surface area contributed by atoms with E-state index in [-0.39, 0.29) is 29.2 Å². The van der Waals surface area contributed by atoms with Crippen molar-refractivity contribution >= 4 is 15.7 Å². The third kappa shape index (κ3) is 3.76. The number of nitriles is 1. The SMILES string of the molecule is Cc1cc(S(=O)(=O)N(CC#N)Cc2ccccc2)ccc1[N+](=O)[O-]. The van der Waals surface area contributed by atoms with Crippen LogP contribution in [0.5, 0.6) is 0 Å². The number of hydrogen-bond acceptors (Lipinski definition) is 5. The average Bonchev–Trinajstić information content (AvgIpc) is 2.55. The summed E-state index contributed by atoms with van der Waals surface area (Å²) in [5.74, 6) is 0. The molecule has 2 rings (SSSR count). The number of nitro benzene ring substituents is 1. The summed E-state index contributed by atoms with van der Waals surface area (Å²) < 4.78 is 26.6. The summed E-state index contributed by atoms with van der Waals surface area (Å²) in [7, 11) is -3.94. The van der Waals surface area contributed by atoms with Gasteiger partial charge in [-0.2, -0.15) is 9.57 Å². The van der Waals surface area contributed by atoms with Gasteiger partial charge in [0.2, 0.25) is 10.0 Å². The Labute approximate surface area is 140 Å². The Kier molecular flexibility index (Phi) is 5.28. The van der Waals surface area contributed by atoms with Crippen molar-refractivity contribution in [3.05, 3.63) is 69.8 Å². The molecule has 0 atom stereocenters. The van der Waals surface area contributed by atoms with Crippen molar-refractivity contribution in [2.75, 3.05) is 6.54 Å². The Bertz CT molecular complexity index is 889. The minimum absolute atomic E-state index is 0.0484. The van der Waals surface area contributed by atoms with E-state index in [9.17, 15) is 18.5 Å². The lowest BCUT2D eigenvalue weighted by Crippen LogP contribution is -2.31. The van der Waals surface area contributed by atoms with E-state index in [1.165, 1.54) is 19.1 Å². The first-order valence-corrected chi connectivity index (χ1v) is 8.46. The van der Waals surface area contributed by atoms with E-state index in [0.29, 0.717) is 0 Å². The Morgan fingerprint density at radius 2 is 1.88 bits per heavy atom. The number of nitro groups is 1. The smallest absolute Gasteiger partial charge is 0.258 e. The highest BCUT2D eigenvalue weighted by Crippen LogP contribution is 2.24.